The minimum atomic E-state index is 0.301. The maximum atomic E-state index is 6.24. The van der Waals surface area contributed by atoms with E-state index in [4.69, 9.17) is 16.3 Å². The van der Waals surface area contributed by atoms with Crippen LogP contribution in [-0.2, 0) is 4.74 Å². The van der Waals surface area contributed by atoms with Crippen molar-refractivity contribution < 1.29 is 4.74 Å². The van der Waals surface area contributed by atoms with E-state index in [-0.39, 0.29) is 0 Å². The molecule has 1 saturated carbocycles. The molecule has 0 bridgehead atoms. The number of rotatable bonds is 4. The number of alkyl halides is 1. The molecule has 0 N–H and O–H groups in total. The van der Waals surface area contributed by atoms with Crippen LogP contribution in [0.3, 0.4) is 0 Å². The first-order valence-electron chi connectivity index (χ1n) is 6.09. The molecule has 1 spiro atoms. The Balaban J connectivity index is 1.73. The summed E-state index contributed by atoms with van der Waals surface area (Å²) in [6.45, 7) is 2.19. The molecule has 2 rings (SSSR count). The van der Waals surface area contributed by atoms with Crippen LogP contribution in [-0.4, -0.2) is 28.6 Å². The van der Waals surface area contributed by atoms with Gasteiger partial charge < -0.3 is 4.74 Å². The molecule has 15 heavy (non-hydrogen) atoms. The van der Waals surface area contributed by atoms with Crippen LogP contribution in [0.15, 0.2) is 0 Å². The monoisotopic (exact) mass is 248 g/mol. The summed E-state index contributed by atoms with van der Waals surface area (Å²) in [5, 5.41) is 0.565. The minimum absolute atomic E-state index is 0.301. The van der Waals surface area contributed by atoms with Gasteiger partial charge in [-0.15, -0.1) is 11.6 Å². The Morgan fingerprint density at radius 2 is 2.13 bits per heavy atom. The summed E-state index contributed by atoms with van der Waals surface area (Å²) in [6.07, 6.45) is 8.42. The van der Waals surface area contributed by atoms with E-state index in [1.165, 1.54) is 38.5 Å². The average Bonchev–Trinajstić information content (AvgIpc) is 2.86. The molecule has 1 saturated heterocycles. The van der Waals surface area contributed by atoms with Crippen molar-refractivity contribution in [1.29, 1.82) is 0 Å². The van der Waals surface area contributed by atoms with Gasteiger partial charge in [-0.25, -0.2) is 0 Å². The molecule has 2 unspecified atom stereocenters. The maximum Gasteiger partial charge on any atom is 0.0687 e. The van der Waals surface area contributed by atoms with Gasteiger partial charge >= 0.3 is 0 Å². The summed E-state index contributed by atoms with van der Waals surface area (Å²) in [7, 11) is 0. The van der Waals surface area contributed by atoms with Crippen LogP contribution in [0.2, 0.25) is 0 Å². The summed E-state index contributed by atoms with van der Waals surface area (Å²) in [4.78, 5) is 0. The molecule has 0 aromatic rings. The van der Waals surface area contributed by atoms with Gasteiger partial charge in [-0.05, 0) is 25.7 Å². The van der Waals surface area contributed by atoms with E-state index in [1.807, 2.05) is 11.8 Å². The zero-order chi connectivity index (χ0) is 10.7. The number of halogens is 1. The molecule has 1 aliphatic heterocycles. The SMILES string of the molecule is CC(CCl)SCC1CCC2(CCCC2)O1. The van der Waals surface area contributed by atoms with Crippen molar-refractivity contribution in [1.82, 2.24) is 0 Å². The van der Waals surface area contributed by atoms with Crippen LogP contribution in [0.4, 0.5) is 0 Å². The lowest BCUT2D eigenvalue weighted by atomic mass is 9.98. The van der Waals surface area contributed by atoms with Gasteiger partial charge in [0.2, 0.25) is 0 Å². The highest BCUT2D eigenvalue weighted by Crippen LogP contribution is 2.43. The van der Waals surface area contributed by atoms with Crippen molar-refractivity contribution in [2.45, 2.75) is 62.4 Å². The molecule has 0 aromatic heterocycles. The molecule has 88 valence electrons. The van der Waals surface area contributed by atoms with E-state index in [0.29, 0.717) is 17.0 Å². The lowest BCUT2D eigenvalue weighted by molar-refractivity contribution is -0.0267. The highest BCUT2D eigenvalue weighted by molar-refractivity contribution is 8.00. The quantitative estimate of drug-likeness (QED) is 0.700. The van der Waals surface area contributed by atoms with Gasteiger partial charge in [0.05, 0.1) is 11.7 Å². The minimum Gasteiger partial charge on any atom is -0.371 e. The topological polar surface area (TPSA) is 9.23 Å². The zero-order valence-electron chi connectivity index (χ0n) is 9.51. The molecule has 2 atom stereocenters. The smallest absolute Gasteiger partial charge is 0.0687 e. The maximum absolute atomic E-state index is 6.24. The van der Waals surface area contributed by atoms with Crippen molar-refractivity contribution in [2.24, 2.45) is 0 Å². The highest BCUT2D eigenvalue weighted by atomic mass is 35.5. The Labute approximate surface area is 102 Å². The molecule has 0 amide bonds. The number of hydrogen-bond acceptors (Lipinski definition) is 2. The first-order valence-corrected chi connectivity index (χ1v) is 7.68. The second kappa shape index (κ2) is 5.29. The Bertz CT molecular complexity index is 204. The highest BCUT2D eigenvalue weighted by Gasteiger charge is 2.41. The van der Waals surface area contributed by atoms with Crippen LogP contribution < -0.4 is 0 Å². The van der Waals surface area contributed by atoms with Crippen LogP contribution in [0.1, 0.15) is 45.4 Å². The third-order valence-electron chi connectivity index (χ3n) is 3.64. The fourth-order valence-electron chi connectivity index (χ4n) is 2.72. The van der Waals surface area contributed by atoms with Gasteiger partial charge in [-0.2, -0.15) is 11.8 Å². The van der Waals surface area contributed by atoms with Crippen molar-refractivity contribution >= 4 is 23.4 Å². The van der Waals surface area contributed by atoms with Crippen LogP contribution >= 0.6 is 23.4 Å². The first kappa shape index (κ1) is 12.1. The van der Waals surface area contributed by atoms with Gasteiger partial charge in [0.25, 0.3) is 0 Å². The van der Waals surface area contributed by atoms with Gasteiger partial charge in [0.15, 0.2) is 0 Å². The van der Waals surface area contributed by atoms with E-state index < -0.39 is 0 Å². The molecule has 0 aromatic carbocycles. The fourth-order valence-corrected chi connectivity index (χ4v) is 3.85. The van der Waals surface area contributed by atoms with Crippen molar-refractivity contribution in [3.8, 4) is 0 Å². The van der Waals surface area contributed by atoms with Gasteiger partial charge in [-0.3, -0.25) is 0 Å². The summed E-state index contributed by atoms with van der Waals surface area (Å²) in [5.41, 5.74) is 0.301. The molecular formula is C12H21ClOS. The summed E-state index contributed by atoms with van der Waals surface area (Å²) < 4.78 is 6.24. The van der Waals surface area contributed by atoms with Crippen molar-refractivity contribution in [2.75, 3.05) is 11.6 Å². The van der Waals surface area contributed by atoms with E-state index in [9.17, 15) is 0 Å². The molecule has 2 fully saturated rings. The largest absolute Gasteiger partial charge is 0.371 e. The fraction of sp³-hybridized carbons (Fsp3) is 1.00. The normalized spacial score (nSPS) is 31.2. The zero-order valence-corrected chi connectivity index (χ0v) is 11.1. The lowest BCUT2D eigenvalue weighted by Crippen LogP contribution is -2.25. The van der Waals surface area contributed by atoms with Gasteiger partial charge in [0.1, 0.15) is 0 Å². The van der Waals surface area contributed by atoms with E-state index >= 15 is 0 Å². The lowest BCUT2D eigenvalue weighted by Gasteiger charge is -2.24. The molecule has 1 heterocycles. The van der Waals surface area contributed by atoms with Crippen LogP contribution in [0.5, 0.6) is 0 Å². The average molecular weight is 249 g/mol. The molecule has 2 aliphatic rings. The Kier molecular flexibility index (Phi) is 4.25. The van der Waals surface area contributed by atoms with Gasteiger partial charge in [0, 0.05) is 16.9 Å². The number of thioether (sulfide) groups is 1. The molecule has 0 radical (unpaired) electrons. The second-order valence-electron chi connectivity index (χ2n) is 4.97. The third kappa shape index (κ3) is 3.04. The Morgan fingerprint density at radius 3 is 2.80 bits per heavy atom. The summed E-state index contributed by atoms with van der Waals surface area (Å²) in [5.74, 6) is 1.89. The molecule has 1 nitrogen and oxygen atoms in total. The van der Waals surface area contributed by atoms with E-state index in [0.717, 1.165) is 11.6 Å². The summed E-state index contributed by atoms with van der Waals surface area (Å²) in [6, 6.07) is 0. The van der Waals surface area contributed by atoms with Crippen LogP contribution in [0, 0.1) is 0 Å². The predicted molar refractivity (Wildman–Crippen MR) is 67.9 cm³/mol. The van der Waals surface area contributed by atoms with Crippen molar-refractivity contribution in [3.63, 3.8) is 0 Å². The third-order valence-corrected chi connectivity index (χ3v) is 5.58. The Hall–Kier alpha value is 0.600. The standard InChI is InChI=1S/C12H21ClOS/c1-10(8-13)15-9-11-4-7-12(14-11)5-2-3-6-12/h10-11H,2-9H2,1H3. The molecule has 1 aliphatic carbocycles. The molecule has 3 heteroatoms. The predicted octanol–water partition coefficient (Wildman–Crippen LogP) is 3.84. The first-order chi connectivity index (χ1) is 7.24. The van der Waals surface area contributed by atoms with Crippen molar-refractivity contribution in [3.05, 3.63) is 0 Å². The van der Waals surface area contributed by atoms with Crippen LogP contribution in [0.25, 0.3) is 0 Å². The van der Waals surface area contributed by atoms with Gasteiger partial charge in [-0.1, -0.05) is 19.8 Å². The Morgan fingerprint density at radius 1 is 1.40 bits per heavy atom. The molecular weight excluding hydrogens is 228 g/mol. The summed E-state index contributed by atoms with van der Waals surface area (Å²) >= 11 is 7.76. The van der Waals surface area contributed by atoms with E-state index in [2.05, 4.69) is 6.92 Å². The number of ether oxygens (including phenoxy) is 1. The second-order valence-corrected chi connectivity index (χ2v) is 6.75. The van der Waals surface area contributed by atoms with E-state index in [1.54, 1.807) is 0 Å². The number of hydrogen-bond donors (Lipinski definition) is 0.